The Balaban J connectivity index is 2.89. The second-order valence-corrected chi connectivity index (χ2v) is 8.15. The van der Waals surface area contributed by atoms with Crippen molar-refractivity contribution in [1.29, 1.82) is 0 Å². The van der Waals surface area contributed by atoms with Crippen LogP contribution in [0.1, 0.15) is 0 Å². The van der Waals surface area contributed by atoms with Crippen molar-refractivity contribution in [2.75, 3.05) is 18.0 Å². The minimum atomic E-state index is -4.05. The Hall–Kier alpha value is -1.28. The molecule has 1 aromatic heterocycles. The van der Waals surface area contributed by atoms with Gasteiger partial charge < -0.3 is 5.73 Å². The highest BCUT2D eigenvalue weighted by Crippen LogP contribution is 2.34. The van der Waals surface area contributed by atoms with Crippen molar-refractivity contribution in [3.8, 4) is 0 Å². The summed E-state index contributed by atoms with van der Waals surface area (Å²) in [6.07, 6.45) is 0. The van der Waals surface area contributed by atoms with Crippen LogP contribution in [-0.4, -0.2) is 34.1 Å². The first kappa shape index (κ1) is 15.8. The first-order valence-electron chi connectivity index (χ1n) is 4.57. The minimum Gasteiger partial charge on any atom is -0.385 e. The first-order chi connectivity index (χ1) is 8.53. The molecule has 0 aliphatic carbocycles. The Morgan fingerprint density at radius 2 is 1.95 bits per heavy atom. The Bertz CT molecular complexity index is 691. The number of anilines is 1. The fraction of sp³-hybridized carbons (Fsp3) is 0.333. The molecule has 19 heavy (non-hydrogen) atoms. The number of nitrogens with two attached hydrogens (primary N) is 2. The molecule has 0 bridgehead atoms. The van der Waals surface area contributed by atoms with E-state index in [0.717, 1.165) is 6.07 Å². The van der Waals surface area contributed by atoms with Crippen molar-refractivity contribution in [1.82, 2.24) is 4.72 Å². The third-order valence-corrected chi connectivity index (χ3v) is 5.52. The Labute approximate surface area is 112 Å². The lowest BCUT2D eigenvalue weighted by Crippen LogP contribution is -2.31. The van der Waals surface area contributed by atoms with Gasteiger partial charge in [-0.1, -0.05) is 11.3 Å². The molecule has 5 N–H and O–H groups in total. The lowest BCUT2D eigenvalue weighted by molar-refractivity contribution is -0.383. The summed E-state index contributed by atoms with van der Waals surface area (Å²) < 4.78 is 46.2. The molecule has 0 aliphatic heterocycles. The van der Waals surface area contributed by atoms with E-state index < -0.39 is 43.0 Å². The molecule has 0 fully saturated rings. The van der Waals surface area contributed by atoms with Gasteiger partial charge in [-0.25, -0.2) is 26.7 Å². The van der Waals surface area contributed by atoms with Crippen LogP contribution in [0.5, 0.6) is 0 Å². The van der Waals surface area contributed by atoms with Gasteiger partial charge in [0.2, 0.25) is 20.0 Å². The summed E-state index contributed by atoms with van der Waals surface area (Å²) in [5, 5.41) is 15.0. The van der Waals surface area contributed by atoms with Crippen LogP contribution in [-0.2, 0) is 20.0 Å². The van der Waals surface area contributed by atoms with Gasteiger partial charge >= 0.3 is 5.69 Å². The quantitative estimate of drug-likeness (QED) is 0.433. The van der Waals surface area contributed by atoms with Crippen molar-refractivity contribution in [2.45, 2.75) is 4.21 Å². The molecule has 0 atom stereocenters. The first-order valence-corrected chi connectivity index (χ1v) is 8.58. The van der Waals surface area contributed by atoms with Crippen LogP contribution in [0.15, 0.2) is 10.3 Å². The van der Waals surface area contributed by atoms with Crippen LogP contribution in [0.25, 0.3) is 0 Å². The maximum Gasteiger partial charge on any atom is 0.304 e. The topological polar surface area (TPSA) is 175 Å². The average molecular weight is 330 g/mol. The van der Waals surface area contributed by atoms with Gasteiger partial charge in [0.05, 0.1) is 10.7 Å². The highest BCUT2D eigenvalue weighted by molar-refractivity contribution is 7.92. The SMILES string of the molecule is Nc1sc(S(=O)(=O)NCCS(N)(=O)=O)cc1[N+](=O)[O-]. The number of hydrogen-bond donors (Lipinski definition) is 3. The van der Waals surface area contributed by atoms with E-state index in [4.69, 9.17) is 10.9 Å². The molecular formula is C6H10N4O6S3. The van der Waals surface area contributed by atoms with E-state index in [2.05, 4.69) is 0 Å². The van der Waals surface area contributed by atoms with Gasteiger partial charge in [-0.05, 0) is 0 Å². The molecule has 0 amide bonds. The van der Waals surface area contributed by atoms with Gasteiger partial charge in [0.15, 0.2) is 5.00 Å². The van der Waals surface area contributed by atoms with Crippen molar-refractivity contribution in [3.63, 3.8) is 0 Å². The molecule has 1 aromatic rings. The normalized spacial score (nSPS) is 12.5. The van der Waals surface area contributed by atoms with Crippen LogP contribution in [0.3, 0.4) is 0 Å². The third kappa shape index (κ3) is 4.39. The molecule has 0 saturated carbocycles. The summed E-state index contributed by atoms with van der Waals surface area (Å²) >= 11 is 0.513. The lowest BCUT2D eigenvalue weighted by atomic mass is 10.5. The predicted octanol–water partition coefficient (Wildman–Crippen LogP) is -1.19. The zero-order chi connectivity index (χ0) is 14.8. The fourth-order valence-corrected chi connectivity index (χ4v) is 3.84. The predicted molar refractivity (Wildman–Crippen MR) is 68.5 cm³/mol. The number of nitrogens with zero attached hydrogens (tertiary/aromatic N) is 1. The van der Waals surface area contributed by atoms with Crippen molar-refractivity contribution >= 4 is 42.1 Å². The van der Waals surface area contributed by atoms with E-state index in [-0.39, 0.29) is 9.21 Å². The zero-order valence-corrected chi connectivity index (χ0v) is 11.7. The molecule has 0 unspecified atom stereocenters. The highest BCUT2D eigenvalue weighted by Gasteiger charge is 2.24. The summed E-state index contributed by atoms with van der Waals surface area (Å²) in [5.74, 6) is -0.588. The number of hydrogen-bond acceptors (Lipinski definition) is 8. The van der Waals surface area contributed by atoms with E-state index in [1.165, 1.54) is 0 Å². The number of nitrogen functional groups attached to an aromatic ring is 1. The summed E-state index contributed by atoms with van der Waals surface area (Å²) in [5.41, 5.74) is 4.79. The zero-order valence-electron chi connectivity index (χ0n) is 9.27. The number of rotatable bonds is 6. The van der Waals surface area contributed by atoms with Gasteiger partial charge in [-0.2, -0.15) is 0 Å². The van der Waals surface area contributed by atoms with Crippen LogP contribution >= 0.6 is 11.3 Å². The summed E-state index contributed by atoms with van der Waals surface area (Å²) in [6.45, 7) is -0.438. The van der Waals surface area contributed by atoms with Gasteiger partial charge in [-0.15, -0.1) is 0 Å². The number of primary sulfonamides is 1. The standard InChI is InChI=1S/C6H10N4O6S3/c7-6-4(10(11)12)3-5(17-6)19(15,16)9-1-2-18(8,13)14/h3,9H,1-2,7H2,(H2,8,13,14). The minimum absolute atomic E-state index is 0.253. The smallest absolute Gasteiger partial charge is 0.304 e. The molecule has 0 aliphatic rings. The second kappa shape index (κ2) is 5.38. The summed E-state index contributed by atoms with van der Waals surface area (Å²) in [4.78, 5) is 9.72. The molecule has 1 heterocycles. The lowest BCUT2D eigenvalue weighted by Gasteiger charge is -2.02. The van der Waals surface area contributed by atoms with E-state index in [1.807, 2.05) is 4.72 Å². The van der Waals surface area contributed by atoms with Gasteiger partial charge in [0, 0.05) is 12.6 Å². The maximum atomic E-state index is 11.7. The Morgan fingerprint density at radius 3 is 2.37 bits per heavy atom. The van der Waals surface area contributed by atoms with E-state index >= 15 is 0 Å². The van der Waals surface area contributed by atoms with E-state index in [1.54, 1.807) is 0 Å². The molecule has 10 nitrogen and oxygen atoms in total. The maximum absolute atomic E-state index is 11.7. The summed E-state index contributed by atoms with van der Waals surface area (Å²) in [6, 6.07) is 0.805. The number of nitrogens with one attached hydrogen (secondary N) is 1. The van der Waals surface area contributed by atoms with Crippen LogP contribution in [0, 0.1) is 10.1 Å². The molecule has 0 saturated heterocycles. The Morgan fingerprint density at radius 1 is 1.37 bits per heavy atom. The average Bonchev–Trinajstić information content (AvgIpc) is 2.58. The monoisotopic (exact) mass is 330 g/mol. The van der Waals surface area contributed by atoms with Gasteiger partial charge in [0.1, 0.15) is 4.21 Å². The second-order valence-electron chi connectivity index (χ2n) is 3.34. The van der Waals surface area contributed by atoms with E-state index in [0.29, 0.717) is 11.3 Å². The van der Waals surface area contributed by atoms with E-state index in [9.17, 15) is 26.9 Å². The molecule has 0 aromatic carbocycles. The number of nitro groups is 1. The fourth-order valence-electron chi connectivity index (χ4n) is 1.04. The number of thiophene rings is 1. The summed E-state index contributed by atoms with van der Waals surface area (Å²) in [7, 11) is -7.86. The van der Waals surface area contributed by atoms with Crippen molar-refractivity contribution in [3.05, 3.63) is 16.2 Å². The van der Waals surface area contributed by atoms with Crippen LogP contribution in [0.2, 0.25) is 0 Å². The number of sulfonamides is 2. The van der Waals surface area contributed by atoms with Crippen LogP contribution in [0.4, 0.5) is 10.7 Å². The highest BCUT2D eigenvalue weighted by atomic mass is 32.2. The molecule has 108 valence electrons. The van der Waals surface area contributed by atoms with Gasteiger partial charge in [-0.3, -0.25) is 10.1 Å². The van der Waals surface area contributed by atoms with Crippen molar-refractivity contribution < 1.29 is 21.8 Å². The molecule has 0 radical (unpaired) electrons. The Kier molecular flexibility index (Phi) is 4.46. The molecule has 1 rings (SSSR count). The third-order valence-electron chi connectivity index (χ3n) is 1.86. The molecule has 13 heteroatoms. The van der Waals surface area contributed by atoms with Crippen LogP contribution < -0.4 is 15.6 Å². The van der Waals surface area contributed by atoms with Gasteiger partial charge in [0.25, 0.3) is 0 Å². The molecular weight excluding hydrogens is 320 g/mol. The van der Waals surface area contributed by atoms with Crippen molar-refractivity contribution in [2.24, 2.45) is 5.14 Å². The molecule has 0 spiro atoms. The largest absolute Gasteiger partial charge is 0.385 e.